The summed E-state index contributed by atoms with van der Waals surface area (Å²) in [6.45, 7) is 0. The van der Waals surface area contributed by atoms with Gasteiger partial charge in [0, 0.05) is 18.0 Å². The van der Waals surface area contributed by atoms with Gasteiger partial charge in [0.25, 0.3) is 5.91 Å². The van der Waals surface area contributed by atoms with Crippen molar-refractivity contribution in [2.75, 3.05) is 5.32 Å². The van der Waals surface area contributed by atoms with Gasteiger partial charge in [-0.3, -0.25) is 9.48 Å². The van der Waals surface area contributed by atoms with Crippen LogP contribution in [0.25, 0.3) is 22.2 Å². The Kier molecular flexibility index (Phi) is 3.85. The van der Waals surface area contributed by atoms with Crippen molar-refractivity contribution in [2.24, 2.45) is 7.05 Å². The molecule has 7 nitrogen and oxygen atoms in total. The van der Waals surface area contributed by atoms with Crippen molar-refractivity contribution < 1.29 is 9.18 Å². The highest BCUT2D eigenvalue weighted by molar-refractivity contribution is 6.04. The Morgan fingerprint density at radius 1 is 1.08 bits per heavy atom. The standard InChI is InChI=1S/C18H13FN6O/c1-25-10-16(22-24-25)11-6-7-15-12(8-11)9-17(23-21-15)20-18(26)13-4-2-3-5-14(13)19/h2-10H,1H3,(H,20,23,26). The minimum atomic E-state index is -0.594. The number of anilines is 1. The predicted octanol–water partition coefficient (Wildman–Crippen LogP) is 2.82. The van der Waals surface area contributed by atoms with Crippen LogP contribution in [0.4, 0.5) is 10.2 Å². The molecule has 0 aliphatic rings. The lowest BCUT2D eigenvalue weighted by molar-refractivity contribution is 0.102. The Balaban J connectivity index is 1.66. The fraction of sp³-hybridized carbons (Fsp3) is 0.0556. The average Bonchev–Trinajstić information content (AvgIpc) is 3.08. The fourth-order valence-corrected chi connectivity index (χ4v) is 2.57. The molecule has 4 rings (SSSR count). The summed E-state index contributed by atoms with van der Waals surface area (Å²) in [5.74, 6) is -0.937. The molecule has 0 atom stereocenters. The molecule has 1 amide bonds. The zero-order valence-electron chi connectivity index (χ0n) is 13.7. The van der Waals surface area contributed by atoms with Crippen molar-refractivity contribution in [3.8, 4) is 11.3 Å². The SMILES string of the molecule is Cn1cc(-c2ccc3nnc(NC(=O)c4ccccc4F)cc3c2)nn1. The van der Waals surface area contributed by atoms with E-state index >= 15 is 0 Å². The molecule has 0 saturated carbocycles. The number of fused-ring (bicyclic) bond motifs is 1. The highest BCUT2D eigenvalue weighted by Gasteiger charge is 2.12. The van der Waals surface area contributed by atoms with Crippen molar-refractivity contribution in [2.45, 2.75) is 0 Å². The number of amides is 1. The van der Waals surface area contributed by atoms with Gasteiger partial charge in [0.1, 0.15) is 11.5 Å². The number of nitrogens with zero attached hydrogens (tertiary/aromatic N) is 5. The van der Waals surface area contributed by atoms with E-state index in [1.54, 1.807) is 30.1 Å². The van der Waals surface area contributed by atoms with E-state index in [1.807, 2.05) is 18.2 Å². The number of halogens is 1. The summed E-state index contributed by atoms with van der Waals surface area (Å²) < 4.78 is 15.3. The molecule has 2 heterocycles. The summed E-state index contributed by atoms with van der Waals surface area (Å²) in [6.07, 6.45) is 1.80. The van der Waals surface area contributed by atoms with Crippen molar-refractivity contribution in [1.82, 2.24) is 25.2 Å². The first-order valence-corrected chi connectivity index (χ1v) is 7.80. The van der Waals surface area contributed by atoms with Crippen LogP contribution in [0.3, 0.4) is 0 Å². The smallest absolute Gasteiger partial charge is 0.259 e. The minimum Gasteiger partial charge on any atom is -0.305 e. The number of carbonyl (C=O) groups excluding carboxylic acids is 1. The molecule has 2 aromatic heterocycles. The van der Waals surface area contributed by atoms with Crippen molar-refractivity contribution in [1.29, 1.82) is 0 Å². The third-order valence-corrected chi connectivity index (χ3v) is 3.84. The van der Waals surface area contributed by atoms with Crippen LogP contribution in [0.2, 0.25) is 0 Å². The van der Waals surface area contributed by atoms with Crippen molar-refractivity contribution >= 4 is 22.6 Å². The Hall–Kier alpha value is -3.68. The largest absolute Gasteiger partial charge is 0.305 e. The van der Waals surface area contributed by atoms with Gasteiger partial charge in [-0.05, 0) is 30.3 Å². The van der Waals surface area contributed by atoms with Crippen LogP contribution in [0, 0.1) is 5.82 Å². The van der Waals surface area contributed by atoms with Crippen molar-refractivity contribution in [3.05, 3.63) is 66.1 Å². The lowest BCUT2D eigenvalue weighted by Gasteiger charge is -2.06. The molecule has 26 heavy (non-hydrogen) atoms. The topological polar surface area (TPSA) is 85.6 Å². The van der Waals surface area contributed by atoms with Crippen LogP contribution in [0.1, 0.15) is 10.4 Å². The highest BCUT2D eigenvalue weighted by Crippen LogP contribution is 2.23. The molecule has 0 saturated heterocycles. The Bertz CT molecular complexity index is 1120. The molecule has 8 heteroatoms. The molecule has 2 aromatic carbocycles. The molecular weight excluding hydrogens is 335 g/mol. The lowest BCUT2D eigenvalue weighted by atomic mass is 10.1. The summed E-state index contributed by atoms with van der Waals surface area (Å²) in [4.78, 5) is 12.2. The summed E-state index contributed by atoms with van der Waals surface area (Å²) in [7, 11) is 1.79. The van der Waals surface area contributed by atoms with E-state index in [1.165, 1.54) is 18.2 Å². The monoisotopic (exact) mass is 348 g/mol. The molecule has 128 valence electrons. The summed E-state index contributed by atoms with van der Waals surface area (Å²) >= 11 is 0. The molecule has 0 radical (unpaired) electrons. The highest BCUT2D eigenvalue weighted by atomic mass is 19.1. The fourth-order valence-electron chi connectivity index (χ4n) is 2.57. The van der Waals surface area contributed by atoms with Gasteiger partial charge >= 0.3 is 0 Å². The van der Waals surface area contributed by atoms with E-state index < -0.39 is 11.7 Å². The maximum absolute atomic E-state index is 13.7. The number of rotatable bonds is 3. The third kappa shape index (κ3) is 3.00. The lowest BCUT2D eigenvalue weighted by Crippen LogP contribution is -2.14. The second kappa shape index (κ2) is 6.32. The van der Waals surface area contributed by atoms with E-state index in [2.05, 4.69) is 25.8 Å². The number of carbonyl (C=O) groups is 1. The third-order valence-electron chi connectivity index (χ3n) is 3.84. The van der Waals surface area contributed by atoms with Crippen LogP contribution in [-0.2, 0) is 7.05 Å². The molecule has 0 aliphatic carbocycles. The van der Waals surface area contributed by atoms with Gasteiger partial charge in [0.15, 0.2) is 5.82 Å². The Labute approximate surface area is 147 Å². The molecule has 4 aromatic rings. The summed E-state index contributed by atoms with van der Waals surface area (Å²) in [5, 5.41) is 19.4. The van der Waals surface area contributed by atoms with Crippen molar-refractivity contribution in [3.63, 3.8) is 0 Å². The van der Waals surface area contributed by atoms with Gasteiger partial charge < -0.3 is 5.32 Å². The molecule has 0 bridgehead atoms. The first-order valence-electron chi connectivity index (χ1n) is 7.80. The zero-order chi connectivity index (χ0) is 18.1. The number of aryl methyl sites for hydroxylation is 1. The van der Waals surface area contributed by atoms with E-state index in [9.17, 15) is 9.18 Å². The number of hydrogen-bond acceptors (Lipinski definition) is 5. The van der Waals surface area contributed by atoms with Gasteiger partial charge in [0.2, 0.25) is 0 Å². The molecule has 1 N–H and O–H groups in total. The van der Waals surface area contributed by atoms with Crippen LogP contribution in [0.15, 0.2) is 54.7 Å². The van der Waals surface area contributed by atoms with E-state index in [0.29, 0.717) is 5.52 Å². The first kappa shape index (κ1) is 15.8. The predicted molar refractivity (Wildman–Crippen MR) is 93.9 cm³/mol. The van der Waals surface area contributed by atoms with E-state index in [-0.39, 0.29) is 11.4 Å². The quantitative estimate of drug-likeness (QED) is 0.615. The summed E-state index contributed by atoms with van der Waals surface area (Å²) in [5.41, 5.74) is 2.21. The normalized spacial score (nSPS) is 10.8. The molecule has 0 unspecified atom stereocenters. The number of aromatic nitrogens is 5. The summed E-state index contributed by atoms with van der Waals surface area (Å²) in [6, 6.07) is 13.0. The minimum absolute atomic E-state index is 0.0530. The Morgan fingerprint density at radius 3 is 2.69 bits per heavy atom. The van der Waals surface area contributed by atoms with E-state index in [0.717, 1.165) is 16.6 Å². The maximum Gasteiger partial charge on any atom is 0.259 e. The Morgan fingerprint density at radius 2 is 1.92 bits per heavy atom. The number of nitrogens with one attached hydrogen (secondary N) is 1. The van der Waals surface area contributed by atoms with Gasteiger partial charge in [-0.25, -0.2) is 4.39 Å². The van der Waals surface area contributed by atoms with Crippen LogP contribution < -0.4 is 5.32 Å². The second-order valence-electron chi connectivity index (χ2n) is 5.71. The average molecular weight is 348 g/mol. The van der Waals surface area contributed by atoms with E-state index in [4.69, 9.17) is 0 Å². The maximum atomic E-state index is 13.7. The van der Waals surface area contributed by atoms with Gasteiger partial charge in [-0.1, -0.05) is 23.4 Å². The van der Waals surface area contributed by atoms with Gasteiger partial charge in [-0.2, -0.15) is 0 Å². The van der Waals surface area contributed by atoms with Gasteiger partial charge in [0.05, 0.1) is 17.3 Å². The molecule has 0 aliphatic heterocycles. The van der Waals surface area contributed by atoms with Crippen LogP contribution in [-0.4, -0.2) is 31.1 Å². The first-order chi connectivity index (χ1) is 12.6. The molecule has 0 spiro atoms. The number of hydrogen-bond donors (Lipinski definition) is 1. The van der Waals surface area contributed by atoms with Crippen LogP contribution >= 0.6 is 0 Å². The second-order valence-corrected chi connectivity index (χ2v) is 5.71. The number of benzene rings is 2. The molecular formula is C18H13FN6O. The van der Waals surface area contributed by atoms with Gasteiger partial charge in [-0.15, -0.1) is 15.3 Å². The van der Waals surface area contributed by atoms with Crippen LogP contribution in [0.5, 0.6) is 0 Å². The zero-order valence-corrected chi connectivity index (χ0v) is 13.7. The molecule has 0 fully saturated rings.